The van der Waals surface area contributed by atoms with E-state index in [0.29, 0.717) is 0 Å². The Bertz CT molecular complexity index is 2470. The first kappa shape index (κ1) is 23.9. The van der Waals surface area contributed by atoms with E-state index in [-0.39, 0.29) is 0 Å². The van der Waals surface area contributed by atoms with Gasteiger partial charge in [-0.15, -0.1) is 0 Å². The molecule has 2 aromatic heterocycles. The summed E-state index contributed by atoms with van der Waals surface area (Å²) in [6.07, 6.45) is 3.58. The van der Waals surface area contributed by atoms with Gasteiger partial charge >= 0.3 is 0 Å². The smallest absolute Gasteiger partial charge is 0.0972 e. The minimum absolute atomic E-state index is 0.932. The number of aromatic nitrogens is 3. The maximum atomic E-state index is 4.84. The average Bonchev–Trinajstić information content (AvgIpc) is 3.43. The molecule has 0 bridgehead atoms. The monoisotopic (exact) mass is 547 g/mol. The van der Waals surface area contributed by atoms with Gasteiger partial charge in [-0.2, -0.15) is 0 Å². The zero-order valence-corrected chi connectivity index (χ0v) is 23.3. The van der Waals surface area contributed by atoms with Crippen LogP contribution in [0.25, 0.3) is 82.3 Å². The highest BCUT2D eigenvalue weighted by Gasteiger charge is 2.19. The van der Waals surface area contributed by atoms with Crippen LogP contribution < -0.4 is 0 Å². The number of hydrogen-bond acceptors (Lipinski definition) is 2. The van der Waals surface area contributed by atoms with Gasteiger partial charge in [0.05, 0.1) is 22.1 Å². The zero-order valence-electron chi connectivity index (χ0n) is 23.3. The zero-order chi connectivity index (χ0) is 28.3. The minimum atomic E-state index is 0.932. The Kier molecular flexibility index (Phi) is 5.20. The second-order valence-electron chi connectivity index (χ2n) is 11.0. The van der Waals surface area contributed by atoms with Gasteiger partial charge in [-0.3, -0.25) is 9.97 Å². The maximum Gasteiger partial charge on any atom is 0.0972 e. The maximum absolute atomic E-state index is 4.84. The molecule has 43 heavy (non-hydrogen) atoms. The summed E-state index contributed by atoms with van der Waals surface area (Å²) < 4.78 is 2.44. The van der Waals surface area contributed by atoms with Crippen molar-refractivity contribution in [1.82, 2.24) is 14.5 Å². The summed E-state index contributed by atoms with van der Waals surface area (Å²) >= 11 is 0. The first-order valence-electron chi connectivity index (χ1n) is 14.6. The van der Waals surface area contributed by atoms with E-state index in [1.165, 1.54) is 54.8 Å². The van der Waals surface area contributed by atoms with Crippen LogP contribution >= 0.6 is 0 Å². The van der Waals surface area contributed by atoms with E-state index in [1.807, 2.05) is 0 Å². The first-order chi connectivity index (χ1) is 21.3. The van der Waals surface area contributed by atoms with Crippen LogP contribution in [0.5, 0.6) is 0 Å². The van der Waals surface area contributed by atoms with E-state index in [1.54, 1.807) is 12.4 Å². The van der Waals surface area contributed by atoms with Crippen LogP contribution in [-0.4, -0.2) is 14.5 Å². The lowest BCUT2D eigenvalue weighted by Crippen LogP contribution is -1.96. The van der Waals surface area contributed by atoms with Gasteiger partial charge < -0.3 is 4.57 Å². The van der Waals surface area contributed by atoms with Gasteiger partial charge in [-0.05, 0) is 51.9 Å². The molecular weight excluding hydrogens is 522 g/mol. The highest BCUT2D eigenvalue weighted by atomic mass is 15.0. The van der Waals surface area contributed by atoms with Crippen molar-refractivity contribution >= 4 is 54.4 Å². The molecule has 0 unspecified atom stereocenters. The van der Waals surface area contributed by atoms with Gasteiger partial charge in [-0.25, -0.2) is 0 Å². The lowest BCUT2D eigenvalue weighted by molar-refractivity contribution is 1.19. The number of benzene rings is 7. The van der Waals surface area contributed by atoms with Crippen LogP contribution in [0.1, 0.15) is 0 Å². The first-order valence-corrected chi connectivity index (χ1v) is 14.6. The second-order valence-corrected chi connectivity index (χ2v) is 11.0. The molecule has 0 saturated heterocycles. The van der Waals surface area contributed by atoms with Crippen molar-refractivity contribution in [3.8, 4) is 27.9 Å². The van der Waals surface area contributed by atoms with Crippen LogP contribution in [0.15, 0.2) is 152 Å². The summed E-state index contributed by atoms with van der Waals surface area (Å²) in [5, 5.41) is 7.09. The van der Waals surface area contributed by atoms with Crippen LogP contribution in [0.3, 0.4) is 0 Å². The molecule has 0 saturated carbocycles. The average molecular weight is 548 g/mol. The molecule has 200 valence electrons. The Hall–Kier alpha value is -5.80. The van der Waals surface area contributed by atoms with Crippen molar-refractivity contribution in [3.63, 3.8) is 0 Å². The van der Waals surface area contributed by atoms with E-state index in [0.717, 1.165) is 27.5 Å². The summed E-state index contributed by atoms with van der Waals surface area (Å²) in [4.78, 5) is 9.61. The summed E-state index contributed by atoms with van der Waals surface area (Å²) in [6, 6.07) is 50.1. The molecule has 0 aliphatic heterocycles. The fourth-order valence-corrected chi connectivity index (χ4v) is 6.77. The third-order valence-electron chi connectivity index (χ3n) is 8.65. The Balaban J connectivity index is 1.37. The van der Waals surface area contributed by atoms with E-state index in [2.05, 4.69) is 144 Å². The Morgan fingerprint density at radius 1 is 0.395 bits per heavy atom. The van der Waals surface area contributed by atoms with Crippen LogP contribution in [0.4, 0.5) is 0 Å². The van der Waals surface area contributed by atoms with Crippen LogP contribution in [0.2, 0.25) is 0 Å². The molecule has 0 N–H and O–H groups in total. The van der Waals surface area contributed by atoms with Crippen molar-refractivity contribution in [2.45, 2.75) is 0 Å². The van der Waals surface area contributed by atoms with Crippen molar-refractivity contribution in [2.75, 3.05) is 0 Å². The van der Waals surface area contributed by atoms with Gasteiger partial charge in [0.25, 0.3) is 0 Å². The van der Waals surface area contributed by atoms with Gasteiger partial charge in [0.1, 0.15) is 0 Å². The van der Waals surface area contributed by atoms with Crippen molar-refractivity contribution < 1.29 is 0 Å². The fraction of sp³-hybridized carbons (Fsp3) is 0. The van der Waals surface area contributed by atoms with Crippen LogP contribution in [-0.2, 0) is 0 Å². The molecule has 3 nitrogen and oxygen atoms in total. The molecule has 0 radical (unpaired) electrons. The Labute approximate surface area is 248 Å². The third-order valence-corrected chi connectivity index (χ3v) is 8.65. The summed E-state index contributed by atoms with van der Waals surface area (Å²) in [6.45, 7) is 0. The SMILES string of the molecule is c1ccc(-c2cccc(-c3cccc(-n4c5ccccc5c5ccc6c7nccnc7c7ccccc7c6c54)c3)c2)cc1. The molecule has 0 aliphatic carbocycles. The molecular formula is C40H25N3. The molecule has 0 fully saturated rings. The van der Waals surface area contributed by atoms with E-state index in [9.17, 15) is 0 Å². The Morgan fingerprint density at radius 2 is 0.977 bits per heavy atom. The number of fused-ring (bicyclic) bond motifs is 10. The highest BCUT2D eigenvalue weighted by Crippen LogP contribution is 2.42. The fourth-order valence-electron chi connectivity index (χ4n) is 6.77. The van der Waals surface area contributed by atoms with Gasteiger partial charge in [0, 0.05) is 45.0 Å². The summed E-state index contributed by atoms with van der Waals surface area (Å²) in [5.41, 5.74) is 10.2. The quantitative estimate of drug-likeness (QED) is 0.206. The molecule has 9 aromatic rings. The predicted molar refractivity (Wildman–Crippen MR) is 180 cm³/mol. The van der Waals surface area contributed by atoms with Crippen LogP contribution in [0, 0.1) is 0 Å². The second kappa shape index (κ2) is 9.37. The van der Waals surface area contributed by atoms with E-state index >= 15 is 0 Å². The summed E-state index contributed by atoms with van der Waals surface area (Å²) in [5.74, 6) is 0. The molecule has 9 rings (SSSR count). The molecule has 3 heteroatoms. The number of para-hydroxylation sites is 1. The summed E-state index contributed by atoms with van der Waals surface area (Å²) in [7, 11) is 0. The largest absolute Gasteiger partial charge is 0.309 e. The van der Waals surface area contributed by atoms with E-state index < -0.39 is 0 Å². The van der Waals surface area contributed by atoms with Gasteiger partial charge in [0.2, 0.25) is 0 Å². The molecule has 0 amide bonds. The Morgan fingerprint density at radius 3 is 1.79 bits per heavy atom. The molecule has 0 atom stereocenters. The van der Waals surface area contributed by atoms with E-state index in [4.69, 9.17) is 9.97 Å². The third kappa shape index (κ3) is 3.62. The minimum Gasteiger partial charge on any atom is -0.309 e. The topological polar surface area (TPSA) is 30.7 Å². The molecule has 2 heterocycles. The van der Waals surface area contributed by atoms with Gasteiger partial charge in [0.15, 0.2) is 0 Å². The number of rotatable bonds is 3. The molecule has 0 spiro atoms. The lowest BCUT2D eigenvalue weighted by atomic mass is 9.97. The lowest BCUT2D eigenvalue weighted by Gasteiger charge is -2.14. The number of hydrogen-bond donors (Lipinski definition) is 0. The normalized spacial score (nSPS) is 11.7. The molecule has 0 aliphatic rings. The highest BCUT2D eigenvalue weighted by molar-refractivity contribution is 6.32. The standard InChI is InChI=1S/C40H25N3/c1-2-10-26(11-3-1)27-12-8-13-28(24-27)29-14-9-15-30(25-29)43-36-19-7-6-16-31(36)34-20-21-35-37(40(34)43)32-17-4-5-18-33(32)38-39(35)42-23-22-41-38/h1-25H. The predicted octanol–water partition coefficient (Wildman–Crippen LogP) is 10.4. The molecule has 7 aromatic carbocycles. The van der Waals surface area contributed by atoms with Crippen molar-refractivity contribution in [1.29, 1.82) is 0 Å². The number of nitrogens with zero attached hydrogens (tertiary/aromatic N) is 3. The van der Waals surface area contributed by atoms with Crippen molar-refractivity contribution in [2.24, 2.45) is 0 Å². The van der Waals surface area contributed by atoms with Gasteiger partial charge in [-0.1, -0.05) is 115 Å². The van der Waals surface area contributed by atoms with Crippen molar-refractivity contribution in [3.05, 3.63) is 152 Å².